The van der Waals surface area contributed by atoms with Crippen LogP contribution >= 0.6 is 11.6 Å². The molecule has 0 saturated carbocycles. The number of benzene rings is 3. The van der Waals surface area contributed by atoms with E-state index in [2.05, 4.69) is 0 Å². The molecule has 134 valence electrons. The first-order chi connectivity index (χ1) is 13.2. The number of fused-ring (bicyclic) bond motifs is 1. The molecule has 0 fully saturated rings. The number of imide groups is 1. The van der Waals surface area contributed by atoms with Crippen molar-refractivity contribution in [2.24, 2.45) is 0 Å². The van der Waals surface area contributed by atoms with Gasteiger partial charge in [0, 0.05) is 5.56 Å². The molecule has 1 aliphatic heterocycles. The van der Waals surface area contributed by atoms with Crippen LogP contribution in [-0.4, -0.2) is 18.1 Å². The summed E-state index contributed by atoms with van der Waals surface area (Å²) in [5.74, 6) is -0.379. The van der Waals surface area contributed by atoms with Gasteiger partial charge >= 0.3 is 6.09 Å². The topological polar surface area (TPSA) is 46.6 Å². The second-order valence-electron chi connectivity index (χ2n) is 6.16. The summed E-state index contributed by atoms with van der Waals surface area (Å²) in [6.45, 7) is 0. The van der Waals surface area contributed by atoms with E-state index in [1.54, 1.807) is 12.1 Å². The zero-order chi connectivity index (χ0) is 18.9. The summed E-state index contributed by atoms with van der Waals surface area (Å²) >= 11 is 5.57. The molecule has 0 spiro atoms. The van der Waals surface area contributed by atoms with Crippen LogP contribution in [0.15, 0.2) is 84.9 Å². The van der Waals surface area contributed by atoms with Crippen molar-refractivity contribution in [1.82, 2.24) is 0 Å². The fourth-order valence-corrected chi connectivity index (χ4v) is 3.86. The zero-order valence-electron chi connectivity index (χ0n) is 14.3. The lowest BCUT2D eigenvalue weighted by molar-refractivity contribution is -0.120. The minimum Gasteiger partial charge on any atom is -0.432 e. The van der Waals surface area contributed by atoms with Gasteiger partial charge < -0.3 is 4.74 Å². The molecule has 0 radical (unpaired) electrons. The first kappa shape index (κ1) is 17.3. The van der Waals surface area contributed by atoms with E-state index in [4.69, 9.17) is 16.3 Å². The van der Waals surface area contributed by atoms with Crippen LogP contribution in [0.25, 0.3) is 0 Å². The van der Waals surface area contributed by atoms with Gasteiger partial charge in [-0.3, -0.25) is 4.79 Å². The van der Waals surface area contributed by atoms with Crippen LogP contribution in [0, 0.1) is 0 Å². The number of alkyl halides is 1. The number of hydrogen-bond donors (Lipinski definition) is 0. The molecule has 3 aromatic rings. The molecule has 0 bridgehead atoms. The molecular weight excluding hydrogens is 362 g/mol. The second kappa shape index (κ2) is 6.89. The molecular formula is C22H16ClNO3. The van der Waals surface area contributed by atoms with Crippen LogP contribution in [-0.2, 0) is 14.9 Å². The lowest BCUT2D eigenvalue weighted by Gasteiger charge is -2.29. The van der Waals surface area contributed by atoms with Crippen molar-refractivity contribution in [2.75, 3.05) is 11.0 Å². The average molecular weight is 378 g/mol. The van der Waals surface area contributed by atoms with Crippen molar-refractivity contribution in [3.8, 4) is 0 Å². The molecule has 0 aromatic heterocycles. The number of halogens is 1. The Balaban J connectivity index is 2.05. The number of anilines is 1. The summed E-state index contributed by atoms with van der Waals surface area (Å²) in [5.41, 5.74) is 1.68. The Morgan fingerprint density at radius 1 is 0.852 bits per heavy atom. The molecule has 0 N–H and O–H groups in total. The number of carbonyl (C=O) groups excluding carboxylic acids is 2. The summed E-state index contributed by atoms with van der Waals surface area (Å²) in [5, 5.41) is 0. The molecule has 5 heteroatoms. The predicted molar refractivity (Wildman–Crippen MR) is 104 cm³/mol. The second-order valence-corrected chi connectivity index (χ2v) is 6.38. The van der Waals surface area contributed by atoms with Gasteiger partial charge in [0.2, 0.25) is 0 Å². The van der Waals surface area contributed by atoms with Gasteiger partial charge in [0.25, 0.3) is 5.91 Å². The number of nitrogens with zero attached hydrogens (tertiary/aromatic N) is 1. The van der Waals surface area contributed by atoms with Crippen molar-refractivity contribution >= 4 is 29.3 Å². The van der Waals surface area contributed by atoms with Crippen molar-refractivity contribution in [3.05, 3.63) is 102 Å². The van der Waals surface area contributed by atoms with Gasteiger partial charge in [-0.25, -0.2) is 9.69 Å². The quantitative estimate of drug-likeness (QED) is 0.621. The number of para-hydroxylation sites is 1. The first-order valence-corrected chi connectivity index (χ1v) is 9.02. The average Bonchev–Trinajstić information content (AvgIpc) is 2.98. The molecule has 3 aromatic carbocycles. The van der Waals surface area contributed by atoms with E-state index in [-0.39, 0.29) is 12.0 Å². The summed E-state index contributed by atoms with van der Waals surface area (Å²) in [4.78, 5) is 27.4. The highest BCUT2D eigenvalue weighted by molar-refractivity contribution is 6.24. The van der Waals surface area contributed by atoms with Crippen molar-refractivity contribution in [3.63, 3.8) is 0 Å². The van der Waals surface area contributed by atoms with E-state index < -0.39 is 11.5 Å². The molecule has 27 heavy (non-hydrogen) atoms. The molecule has 4 nitrogen and oxygen atoms in total. The molecule has 1 heterocycles. The predicted octanol–water partition coefficient (Wildman–Crippen LogP) is 4.70. The van der Waals surface area contributed by atoms with Crippen molar-refractivity contribution < 1.29 is 14.3 Å². The number of rotatable bonds is 3. The molecule has 0 saturated heterocycles. The largest absolute Gasteiger partial charge is 0.432 e. The Morgan fingerprint density at radius 2 is 1.37 bits per heavy atom. The lowest BCUT2D eigenvalue weighted by Crippen LogP contribution is -2.44. The van der Waals surface area contributed by atoms with E-state index in [1.807, 2.05) is 72.8 Å². The van der Waals surface area contributed by atoms with Crippen LogP contribution in [0.3, 0.4) is 0 Å². The maximum absolute atomic E-state index is 13.8. The number of amides is 2. The van der Waals surface area contributed by atoms with Gasteiger partial charge in [-0.2, -0.15) is 0 Å². The Kier molecular flexibility index (Phi) is 4.42. The maximum atomic E-state index is 13.8. The molecule has 0 aliphatic carbocycles. The molecule has 0 atom stereocenters. The maximum Gasteiger partial charge on any atom is 0.422 e. The fraction of sp³-hybridized carbons (Fsp3) is 0.0909. The van der Waals surface area contributed by atoms with Gasteiger partial charge in [-0.1, -0.05) is 90.5 Å². The Bertz CT molecular complexity index is 949. The van der Waals surface area contributed by atoms with Crippen LogP contribution in [0.1, 0.15) is 16.7 Å². The van der Waals surface area contributed by atoms with Gasteiger partial charge in [0.1, 0.15) is 5.41 Å². The van der Waals surface area contributed by atoms with Crippen molar-refractivity contribution in [2.45, 2.75) is 5.41 Å². The summed E-state index contributed by atoms with van der Waals surface area (Å²) in [6.07, 6.45) is -0.781. The van der Waals surface area contributed by atoms with E-state index >= 15 is 0 Å². The SMILES string of the molecule is O=C(OCCl)N1C(=O)C(c2ccccc2)(c2ccccc2)c2ccccc21. The van der Waals surface area contributed by atoms with Gasteiger partial charge in [0.05, 0.1) is 5.69 Å². The summed E-state index contributed by atoms with van der Waals surface area (Å²) in [7, 11) is 0. The minimum absolute atomic E-state index is 0.325. The van der Waals surface area contributed by atoms with Crippen LogP contribution in [0.4, 0.5) is 10.5 Å². The van der Waals surface area contributed by atoms with Crippen LogP contribution in [0.2, 0.25) is 0 Å². The number of hydrogen-bond acceptors (Lipinski definition) is 3. The third kappa shape index (κ3) is 2.53. The number of ether oxygens (including phenoxy) is 1. The Morgan fingerprint density at radius 3 is 1.93 bits per heavy atom. The third-order valence-corrected chi connectivity index (χ3v) is 4.96. The molecule has 4 rings (SSSR count). The standard InChI is InChI=1S/C22H16ClNO3/c23-15-27-21(26)24-19-14-8-7-13-18(19)22(20(24)25,16-9-3-1-4-10-16)17-11-5-2-6-12-17/h1-14H,15H2. The highest BCUT2D eigenvalue weighted by Crippen LogP contribution is 2.50. The lowest BCUT2D eigenvalue weighted by atomic mass is 9.70. The highest BCUT2D eigenvalue weighted by atomic mass is 35.5. The fourth-order valence-electron chi connectivity index (χ4n) is 3.77. The van der Waals surface area contributed by atoms with E-state index in [0.29, 0.717) is 5.69 Å². The van der Waals surface area contributed by atoms with Crippen molar-refractivity contribution in [1.29, 1.82) is 0 Å². The van der Waals surface area contributed by atoms with E-state index in [0.717, 1.165) is 21.6 Å². The number of carbonyl (C=O) groups is 2. The summed E-state index contributed by atoms with van der Waals surface area (Å²) in [6, 6.07) is 25.9. The highest BCUT2D eigenvalue weighted by Gasteiger charge is 2.55. The normalized spacial score (nSPS) is 14.7. The Labute approximate surface area is 161 Å². The minimum atomic E-state index is -1.13. The zero-order valence-corrected chi connectivity index (χ0v) is 15.1. The van der Waals surface area contributed by atoms with Gasteiger partial charge in [-0.15, -0.1) is 0 Å². The van der Waals surface area contributed by atoms with E-state index in [9.17, 15) is 9.59 Å². The molecule has 0 unspecified atom stereocenters. The van der Waals surface area contributed by atoms with Crippen LogP contribution < -0.4 is 4.90 Å². The van der Waals surface area contributed by atoms with E-state index in [1.165, 1.54) is 0 Å². The monoisotopic (exact) mass is 377 g/mol. The molecule has 1 aliphatic rings. The smallest absolute Gasteiger partial charge is 0.422 e. The van der Waals surface area contributed by atoms with Gasteiger partial charge in [-0.05, 0) is 17.2 Å². The molecule has 2 amide bonds. The first-order valence-electron chi connectivity index (χ1n) is 8.49. The third-order valence-electron chi connectivity index (χ3n) is 4.85. The Hall–Kier alpha value is -3.11. The summed E-state index contributed by atoms with van der Waals surface area (Å²) < 4.78 is 4.95. The van der Waals surface area contributed by atoms with Crippen LogP contribution in [0.5, 0.6) is 0 Å². The van der Waals surface area contributed by atoms with Gasteiger partial charge in [0.15, 0.2) is 6.07 Å².